The van der Waals surface area contributed by atoms with Gasteiger partial charge in [-0.05, 0) is 48.4 Å². The van der Waals surface area contributed by atoms with E-state index in [1.54, 1.807) is 23.2 Å². The Morgan fingerprint density at radius 2 is 2.13 bits per heavy atom. The van der Waals surface area contributed by atoms with Crippen LogP contribution in [0.5, 0.6) is 0 Å². The van der Waals surface area contributed by atoms with Crippen LogP contribution in [0.1, 0.15) is 11.3 Å². The largest absolute Gasteiger partial charge is 0.346 e. The molecule has 6 nitrogen and oxygen atoms in total. The Kier molecular flexibility index (Phi) is 4.63. The predicted molar refractivity (Wildman–Crippen MR) is 118 cm³/mol. The van der Waals surface area contributed by atoms with Crippen LogP contribution in [0, 0.1) is 12.7 Å². The molecule has 1 amide bonds. The molecule has 0 aliphatic carbocycles. The molecule has 0 atom stereocenters. The Hall–Kier alpha value is -3.45. The number of aromatic nitrogens is 4. The molecule has 3 aromatic heterocycles. The number of aromatic amines is 1. The van der Waals surface area contributed by atoms with Gasteiger partial charge in [0.25, 0.3) is 0 Å². The second-order valence-corrected chi connectivity index (χ2v) is 7.97. The number of hydrogen-bond acceptors (Lipinski definition) is 3. The summed E-state index contributed by atoms with van der Waals surface area (Å²) in [6.45, 7) is 6.98. The van der Waals surface area contributed by atoms with Crippen molar-refractivity contribution in [3.05, 3.63) is 71.4 Å². The fraction of sp³-hybridized carbons (Fsp3) is 0.174. The summed E-state index contributed by atoms with van der Waals surface area (Å²) in [6.07, 6.45) is 4.93. The minimum absolute atomic E-state index is 0.143. The number of nitrogens with zero attached hydrogens (tertiary/aromatic N) is 4. The van der Waals surface area contributed by atoms with Gasteiger partial charge in [0.05, 0.1) is 18.8 Å². The first-order valence-electron chi connectivity index (χ1n) is 9.87. The lowest BCUT2D eigenvalue weighted by atomic mass is 9.95. The van der Waals surface area contributed by atoms with Gasteiger partial charge < -0.3 is 9.88 Å². The number of amides is 1. The van der Waals surface area contributed by atoms with Crippen molar-refractivity contribution in [3.63, 3.8) is 0 Å². The lowest BCUT2D eigenvalue weighted by Gasteiger charge is -2.27. The molecule has 4 aromatic rings. The molecule has 156 valence electrons. The van der Waals surface area contributed by atoms with Crippen LogP contribution in [0.2, 0.25) is 5.02 Å². The summed E-state index contributed by atoms with van der Waals surface area (Å²) in [4.78, 5) is 21.6. The van der Waals surface area contributed by atoms with E-state index >= 15 is 0 Å². The first-order chi connectivity index (χ1) is 15.0. The van der Waals surface area contributed by atoms with Gasteiger partial charge in [-0.1, -0.05) is 18.2 Å². The molecule has 0 saturated carbocycles. The quantitative estimate of drug-likeness (QED) is 0.473. The fourth-order valence-corrected chi connectivity index (χ4v) is 4.37. The number of H-pyrrole nitrogens is 1. The molecule has 0 unspecified atom stereocenters. The van der Waals surface area contributed by atoms with Crippen molar-refractivity contribution in [2.45, 2.75) is 20.0 Å². The Morgan fingerprint density at radius 1 is 1.29 bits per heavy atom. The fourth-order valence-electron chi connectivity index (χ4n) is 4.22. The van der Waals surface area contributed by atoms with Crippen molar-refractivity contribution in [1.29, 1.82) is 0 Å². The highest BCUT2D eigenvalue weighted by Crippen LogP contribution is 2.41. The standard InChI is InChI=1S/C23H19ClFN5O/c1-3-19(31)29-8-9-30-18(12-29)21(16-6-7-26-23-20(16)13(2)11-27-23)22(28-30)15-5-4-14(24)10-17(15)25/h3-7,10-11H,1,8-9,12H2,2H3,(H,26,27). The van der Waals surface area contributed by atoms with Gasteiger partial charge in [0.1, 0.15) is 17.2 Å². The Bertz CT molecular complexity index is 1360. The molecule has 1 aliphatic heterocycles. The topological polar surface area (TPSA) is 66.8 Å². The van der Waals surface area contributed by atoms with Gasteiger partial charge in [0, 0.05) is 40.5 Å². The lowest BCUT2D eigenvalue weighted by Crippen LogP contribution is -2.37. The number of pyridine rings is 1. The summed E-state index contributed by atoms with van der Waals surface area (Å²) < 4.78 is 16.8. The summed E-state index contributed by atoms with van der Waals surface area (Å²) in [5, 5.41) is 6.03. The van der Waals surface area contributed by atoms with Crippen molar-refractivity contribution in [2.24, 2.45) is 0 Å². The third-order valence-corrected chi connectivity index (χ3v) is 5.93. The highest BCUT2D eigenvalue weighted by atomic mass is 35.5. The Morgan fingerprint density at radius 3 is 2.90 bits per heavy atom. The number of carbonyl (C=O) groups is 1. The molecule has 0 radical (unpaired) electrons. The summed E-state index contributed by atoms with van der Waals surface area (Å²) >= 11 is 5.98. The van der Waals surface area contributed by atoms with E-state index < -0.39 is 5.82 Å². The third kappa shape index (κ3) is 3.13. The first-order valence-corrected chi connectivity index (χ1v) is 10.2. The summed E-state index contributed by atoms with van der Waals surface area (Å²) in [5.41, 5.74) is 5.17. The molecule has 4 heterocycles. The Labute approximate surface area is 183 Å². The maximum atomic E-state index is 15.0. The number of halogens is 2. The number of nitrogens with one attached hydrogen (secondary N) is 1. The Balaban J connectivity index is 1.81. The maximum absolute atomic E-state index is 15.0. The van der Waals surface area contributed by atoms with Crippen molar-refractivity contribution in [3.8, 4) is 22.4 Å². The predicted octanol–water partition coefficient (Wildman–Crippen LogP) is 4.72. The van der Waals surface area contributed by atoms with Crippen LogP contribution in [0.15, 0.2) is 49.3 Å². The molecule has 1 aliphatic rings. The van der Waals surface area contributed by atoms with Crippen LogP contribution >= 0.6 is 11.6 Å². The SMILES string of the molecule is C=CC(=O)N1CCn2nc(-c3ccc(Cl)cc3F)c(-c3ccnc4[nH]cc(C)c34)c2C1. The van der Waals surface area contributed by atoms with Gasteiger partial charge in [0.15, 0.2) is 0 Å². The van der Waals surface area contributed by atoms with Gasteiger partial charge in [-0.2, -0.15) is 5.10 Å². The third-order valence-electron chi connectivity index (χ3n) is 5.69. The van der Waals surface area contributed by atoms with Gasteiger partial charge in [0.2, 0.25) is 5.91 Å². The van der Waals surface area contributed by atoms with Crippen molar-refractivity contribution in [2.75, 3.05) is 6.54 Å². The molecule has 1 N–H and O–H groups in total. The number of benzene rings is 1. The molecule has 0 bridgehead atoms. The van der Waals surface area contributed by atoms with E-state index in [1.807, 2.05) is 23.9 Å². The van der Waals surface area contributed by atoms with E-state index in [1.165, 1.54) is 12.1 Å². The van der Waals surface area contributed by atoms with Crippen LogP contribution in [-0.4, -0.2) is 37.1 Å². The van der Waals surface area contributed by atoms with Gasteiger partial charge in [-0.25, -0.2) is 9.37 Å². The average molecular weight is 436 g/mol. The van der Waals surface area contributed by atoms with Crippen LogP contribution in [0.4, 0.5) is 4.39 Å². The second kappa shape index (κ2) is 7.35. The molecular weight excluding hydrogens is 417 g/mol. The number of fused-ring (bicyclic) bond motifs is 2. The molecule has 0 fully saturated rings. The molecule has 8 heteroatoms. The highest BCUT2D eigenvalue weighted by molar-refractivity contribution is 6.30. The smallest absolute Gasteiger partial charge is 0.246 e. The normalized spacial score (nSPS) is 13.5. The van der Waals surface area contributed by atoms with E-state index in [2.05, 4.69) is 16.5 Å². The summed E-state index contributed by atoms with van der Waals surface area (Å²) in [6, 6.07) is 6.49. The van der Waals surface area contributed by atoms with E-state index in [0.29, 0.717) is 35.9 Å². The number of rotatable bonds is 3. The van der Waals surface area contributed by atoms with E-state index in [-0.39, 0.29) is 5.91 Å². The maximum Gasteiger partial charge on any atom is 0.246 e. The average Bonchev–Trinajstić information content (AvgIpc) is 3.33. The van der Waals surface area contributed by atoms with Crippen molar-refractivity contribution >= 4 is 28.5 Å². The zero-order chi connectivity index (χ0) is 21.7. The van der Waals surface area contributed by atoms with Crippen LogP contribution in [-0.2, 0) is 17.9 Å². The zero-order valence-electron chi connectivity index (χ0n) is 16.8. The molecule has 0 spiro atoms. The summed E-state index contributed by atoms with van der Waals surface area (Å²) in [7, 11) is 0. The van der Waals surface area contributed by atoms with Crippen LogP contribution < -0.4 is 0 Å². The molecule has 5 rings (SSSR count). The highest BCUT2D eigenvalue weighted by Gasteiger charge is 2.29. The first kappa shape index (κ1) is 19.5. The molecule has 0 saturated heterocycles. The lowest BCUT2D eigenvalue weighted by molar-refractivity contribution is -0.127. The van der Waals surface area contributed by atoms with E-state index in [0.717, 1.165) is 33.4 Å². The minimum atomic E-state index is -0.445. The zero-order valence-corrected chi connectivity index (χ0v) is 17.6. The van der Waals surface area contributed by atoms with E-state index in [9.17, 15) is 9.18 Å². The van der Waals surface area contributed by atoms with Crippen molar-refractivity contribution in [1.82, 2.24) is 24.6 Å². The van der Waals surface area contributed by atoms with Crippen LogP contribution in [0.3, 0.4) is 0 Å². The monoisotopic (exact) mass is 435 g/mol. The minimum Gasteiger partial charge on any atom is -0.346 e. The van der Waals surface area contributed by atoms with Crippen LogP contribution in [0.25, 0.3) is 33.4 Å². The van der Waals surface area contributed by atoms with Gasteiger partial charge in [-0.3, -0.25) is 9.48 Å². The van der Waals surface area contributed by atoms with Gasteiger partial charge in [-0.15, -0.1) is 0 Å². The van der Waals surface area contributed by atoms with Crippen molar-refractivity contribution < 1.29 is 9.18 Å². The molecular formula is C23H19ClFN5O. The molecule has 1 aromatic carbocycles. The summed E-state index contributed by atoms with van der Waals surface area (Å²) in [5.74, 6) is -0.588. The number of aryl methyl sites for hydroxylation is 1. The second-order valence-electron chi connectivity index (χ2n) is 7.54. The number of carbonyl (C=O) groups excluding carboxylic acids is 1. The van der Waals surface area contributed by atoms with Gasteiger partial charge >= 0.3 is 0 Å². The number of hydrogen-bond donors (Lipinski definition) is 1. The van der Waals surface area contributed by atoms with E-state index in [4.69, 9.17) is 16.7 Å². The molecule has 31 heavy (non-hydrogen) atoms.